The largest absolute Gasteiger partial charge is 0.396 e. The lowest BCUT2D eigenvalue weighted by atomic mass is 10.3. The fourth-order valence-corrected chi connectivity index (χ4v) is 3.66. The van der Waals surface area contributed by atoms with Crippen LogP contribution in [0.3, 0.4) is 0 Å². The Morgan fingerprint density at radius 3 is 2.61 bits per heavy atom. The van der Waals surface area contributed by atoms with Gasteiger partial charge in [0.05, 0.1) is 22.3 Å². The molecule has 1 aliphatic rings. The molecule has 0 aliphatic carbocycles. The van der Waals surface area contributed by atoms with Crippen LogP contribution in [0.5, 0.6) is 0 Å². The fraction of sp³-hybridized carbons (Fsp3) is 0.400. The molecule has 18 heavy (non-hydrogen) atoms. The maximum atomic E-state index is 12.3. The Kier molecular flexibility index (Phi) is 4.03. The summed E-state index contributed by atoms with van der Waals surface area (Å²) in [6, 6.07) is 2.73. The second kappa shape index (κ2) is 5.22. The Morgan fingerprint density at radius 1 is 1.28 bits per heavy atom. The van der Waals surface area contributed by atoms with E-state index in [1.54, 1.807) is 0 Å². The molecule has 8 heteroatoms. The predicted molar refractivity (Wildman–Crippen MR) is 70.0 cm³/mol. The lowest BCUT2D eigenvalue weighted by Gasteiger charge is -2.25. The van der Waals surface area contributed by atoms with Crippen molar-refractivity contribution < 1.29 is 13.3 Å². The van der Waals surface area contributed by atoms with Crippen LogP contribution in [0.4, 0.5) is 5.69 Å². The molecule has 2 rings (SSSR count). The number of halogens is 2. The summed E-state index contributed by atoms with van der Waals surface area (Å²) in [6.45, 7) is 0.682. The zero-order valence-electron chi connectivity index (χ0n) is 9.40. The highest BCUT2D eigenvalue weighted by Gasteiger charge is 2.30. The van der Waals surface area contributed by atoms with Crippen LogP contribution in [0.25, 0.3) is 0 Å². The van der Waals surface area contributed by atoms with Crippen molar-refractivity contribution in [2.75, 3.05) is 18.9 Å². The Balaban J connectivity index is 2.44. The Bertz CT molecular complexity index is 556. The van der Waals surface area contributed by atoms with Crippen molar-refractivity contribution in [3.8, 4) is 0 Å². The minimum atomic E-state index is -3.79. The minimum absolute atomic E-state index is 0.0522. The summed E-state index contributed by atoms with van der Waals surface area (Å²) in [5.41, 5.74) is 5.67. The molecule has 5 nitrogen and oxygen atoms in total. The number of nitrogens with two attached hydrogens (primary N) is 1. The van der Waals surface area contributed by atoms with Crippen molar-refractivity contribution in [1.29, 1.82) is 0 Å². The summed E-state index contributed by atoms with van der Waals surface area (Å²) in [6.07, 6.45) is 1.59. The molecule has 1 heterocycles. The Morgan fingerprint density at radius 2 is 2.00 bits per heavy atom. The van der Waals surface area contributed by atoms with Gasteiger partial charge in [0.25, 0.3) is 10.0 Å². The lowest BCUT2D eigenvalue weighted by Crippen LogP contribution is -2.35. The highest BCUT2D eigenvalue weighted by molar-refractivity contribution is 7.89. The molecule has 100 valence electrons. The van der Waals surface area contributed by atoms with Crippen LogP contribution in [0.2, 0.25) is 10.0 Å². The van der Waals surface area contributed by atoms with Crippen LogP contribution >= 0.6 is 23.2 Å². The van der Waals surface area contributed by atoms with Crippen LogP contribution in [-0.4, -0.2) is 26.0 Å². The van der Waals surface area contributed by atoms with Crippen LogP contribution in [-0.2, 0) is 14.9 Å². The third kappa shape index (κ3) is 2.44. The molecule has 0 aromatic heterocycles. The van der Waals surface area contributed by atoms with Crippen LogP contribution < -0.4 is 5.73 Å². The summed E-state index contributed by atoms with van der Waals surface area (Å²) in [7, 11) is -3.79. The molecule has 2 N–H and O–H groups in total. The van der Waals surface area contributed by atoms with Gasteiger partial charge in [-0.15, -0.1) is 0 Å². The van der Waals surface area contributed by atoms with Gasteiger partial charge in [0.2, 0.25) is 0 Å². The summed E-state index contributed by atoms with van der Waals surface area (Å²) < 4.78 is 25.5. The molecular formula is C10H12Cl2N2O3S. The average Bonchev–Trinajstić information content (AvgIpc) is 2.37. The summed E-state index contributed by atoms with van der Waals surface area (Å²) in [4.78, 5) is 5.05. The van der Waals surface area contributed by atoms with Gasteiger partial charge in [0, 0.05) is 6.54 Å². The molecule has 1 aliphatic heterocycles. The monoisotopic (exact) mass is 310 g/mol. The number of nitrogens with zero attached hydrogens (tertiary/aromatic N) is 1. The van der Waals surface area contributed by atoms with Crippen molar-refractivity contribution in [3.63, 3.8) is 0 Å². The number of hydrogen-bond donors (Lipinski definition) is 1. The molecule has 0 spiro atoms. The van der Waals surface area contributed by atoms with E-state index in [2.05, 4.69) is 0 Å². The van der Waals surface area contributed by atoms with Crippen LogP contribution in [0, 0.1) is 0 Å². The van der Waals surface area contributed by atoms with Crippen molar-refractivity contribution in [3.05, 3.63) is 22.2 Å². The smallest absolute Gasteiger partial charge is 0.266 e. The lowest BCUT2D eigenvalue weighted by molar-refractivity contribution is -0.108. The molecule has 1 aromatic carbocycles. The number of hydroxylamine groups is 1. The third-order valence-corrected chi connectivity index (χ3v) is 5.18. The molecule has 0 bridgehead atoms. The highest BCUT2D eigenvalue weighted by Crippen LogP contribution is 2.35. The van der Waals surface area contributed by atoms with E-state index in [1.807, 2.05) is 0 Å². The number of benzene rings is 1. The molecule has 1 aromatic rings. The first-order valence-corrected chi connectivity index (χ1v) is 7.53. The van der Waals surface area contributed by atoms with Gasteiger partial charge in [0.15, 0.2) is 0 Å². The number of nitrogen functional groups attached to an aromatic ring is 1. The van der Waals surface area contributed by atoms with Gasteiger partial charge < -0.3 is 5.73 Å². The van der Waals surface area contributed by atoms with Gasteiger partial charge in [0.1, 0.15) is 4.90 Å². The van der Waals surface area contributed by atoms with Gasteiger partial charge >= 0.3 is 0 Å². The fourth-order valence-electron chi connectivity index (χ4n) is 1.62. The van der Waals surface area contributed by atoms with Crippen molar-refractivity contribution in [1.82, 2.24) is 4.47 Å². The van der Waals surface area contributed by atoms with E-state index in [4.69, 9.17) is 33.8 Å². The van der Waals surface area contributed by atoms with E-state index < -0.39 is 10.0 Å². The number of hydrogen-bond acceptors (Lipinski definition) is 4. The van der Waals surface area contributed by atoms with E-state index in [-0.39, 0.29) is 20.6 Å². The van der Waals surface area contributed by atoms with Gasteiger partial charge in [-0.3, -0.25) is 4.84 Å². The van der Waals surface area contributed by atoms with Crippen molar-refractivity contribution in [2.45, 2.75) is 17.7 Å². The zero-order valence-corrected chi connectivity index (χ0v) is 11.7. The summed E-state index contributed by atoms with van der Waals surface area (Å²) in [5, 5.41) is 0.148. The number of sulfonamides is 1. The third-order valence-electron chi connectivity index (χ3n) is 2.61. The highest BCUT2D eigenvalue weighted by atomic mass is 35.5. The van der Waals surface area contributed by atoms with E-state index in [9.17, 15) is 8.42 Å². The van der Waals surface area contributed by atoms with Crippen molar-refractivity contribution >= 4 is 38.9 Å². The number of rotatable bonds is 2. The van der Waals surface area contributed by atoms with E-state index >= 15 is 0 Å². The Hall–Kier alpha value is -0.530. The van der Waals surface area contributed by atoms with Gasteiger partial charge in [-0.2, -0.15) is 0 Å². The van der Waals surface area contributed by atoms with Crippen molar-refractivity contribution in [2.24, 2.45) is 0 Å². The normalized spacial score (nSPS) is 17.9. The molecule has 0 saturated carbocycles. The van der Waals surface area contributed by atoms with Gasteiger partial charge in [-0.1, -0.05) is 27.7 Å². The van der Waals surface area contributed by atoms with Gasteiger partial charge in [-0.25, -0.2) is 8.42 Å². The molecule has 1 fully saturated rings. The first kappa shape index (κ1) is 13.9. The second-order valence-electron chi connectivity index (χ2n) is 3.84. The van der Waals surface area contributed by atoms with Gasteiger partial charge in [-0.05, 0) is 25.0 Å². The van der Waals surface area contributed by atoms with E-state index in [0.717, 1.165) is 17.3 Å². The Labute approximate surface area is 115 Å². The average molecular weight is 311 g/mol. The zero-order chi connectivity index (χ0) is 13.3. The molecule has 0 atom stereocenters. The first-order valence-electron chi connectivity index (χ1n) is 5.33. The second-order valence-corrected chi connectivity index (χ2v) is 6.43. The number of anilines is 1. The summed E-state index contributed by atoms with van der Waals surface area (Å²) in [5.74, 6) is 0. The summed E-state index contributed by atoms with van der Waals surface area (Å²) >= 11 is 11.7. The molecule has 0 unspecified atom stereocenters. The maximum Gasteiger partial charge on any atom is 0.266 e. The topological polar surface area (TPSA) is 72.6 Å². The van der Waals surface area contributed by atoms with E-state index in [0.29, 0.717) is 13.2 Å². The van der Waals surface area contributed by atoms with Crippen LogP contribution in [0.15, 0.2) is 17.0 Å². The molecule has 0 amide bonds. The van der Waals surface area contributed by atoms with Crippen LogP contribution in [0.1, 0.15) is 12.8 Å². The standard InChI is InChI=1S/C10H12Cl2N2O3S/c11-7-3-4-8(9(12)10(7)13)18(15,16)14-5-1-2-6-17-14/h3-4H,1-2,5-6,13H2. The quantitative estimate of drug-likeness (QED) is 0.851. The molecular weight excluding hydrogens is 299 g/mol. The first-order chi connectivity index (χ1) is 8.44. The molecule has 0 radical (unpaired) electrons. The van der Waals surface area contributed by atoms with E-state index in [1.165, 1.54) is 12.1 Å². The minimum Gasteiger partial charge on any atom is -0.396 e. The SMILES string of the molecule is Nc1c(Cl)ccc(S(=O)(=O)N2CCCCO2)c1Cl. The molecule has 1 saturated heterocycles. The maximum absolute atomic E-state index is 12.3. The predicted octanol–water partition coefficient (Wildman–Crippen LogP) is 2.29.